The number of pyridine rings is 1. The summed E-state index contributed by atoms with van der Waals surface area (Å²) in [6, 6.07) is 7.73. The normalized spacial score (nSPS) is 20.9. The molecule has 1 saturated heterocycles. The number of hydrogen-bond acceptors (Lipinski definition) is 4. The second-order valence-corrected chi connectivity index (χ2v) is 8.58. The number of halogens is 3. The van der Waals surface area contributed by atoms with E-state index in [1.807, 2.05) is 0 Å². The number of carbonyl (C=O) groups excluding carboxylic acids is 3. The molecule has 0 bridgehead atoms. The Labute approximate surface area is 189 Å². The van der Waals surface area contributed by atoms with Gasteiger partial charge in [0.25, 0.3) is 0 Å². The first-order valence-electron chi connectivity index (χ1n) is 10.9. The summed E-state index contributed by atoms with van der Waals surface area (Å²) in [5.41, 5.74) is -1.68. The van der Waals surface area contributed by atoms with E-state index in [1.54, 1.807) is 31.5 Å². The first kappa shape index (κ1) is 22.9. The highest BCUT2D eigenvalue weighted by atomic mass is 19.4. The van der Waals surface area contributed by atoms with Crippen LogP contribution in [-0.2, 0) is 32.5 Å². The van der Waals surface area contributed by atoms with E-state index in [-0.39, 0.29) is 31.0 Å². The van der Waals surface area contributed by atoms with E-state index in [0.717, 1.165) is 22.6 Å². The van der Waals surface area contributed by atoms with Gasteiger partial charge in [0.2, 0.25) is 17.7 Å². The quantitative estimate of drug-likeness (QED) is 0.592. The van der Waals surface area contributed by atoms with E-state index in [4.69, 9.17) is 0 Å². The highest BCUT2D eigenvalue weighted by Crippen LogP contribution is 2.45. The highest BCUT2D eigenvalue weighted by molar-refractivity contribution is 6.11. The van der Waals surface area contributed by atoms with Gasteiger partial charge in [0.15, 0.2) is 0 Å². The molecule has 1 atom stereocenters. The molecule has 1 aromatic carbocycles. The van der Waals surface area contributed by atoms with Crippen LogP contribution in [0.3, 0.4) is 0 Å². The first-order valence-corrected chi connectivity index (χ1v) is 10.9. The topological polar surface area (TPSA) is 70.6 Å². The Hall–Kier alpha value is -3.23. The van der Waals surface area contributed by atoms with Gasteiger partial charge in [-0.2, -0.15) is 13.2 Å². The Morgan fingerprint density at radius 1 is 1.18 bits per heavy atom. The average molecular weight is 459 g/mol. The van der Waals surface area contributed by atoms with Gasteiger partial charge in [-0.15, -0.1) is 0 Å². The molecule has 4 rings (SSSR count). The molecular formula is C24H24F3N3O3. The van der Waals surface area contributed by atoms with Crippen LogP contribution >= 0.6 is 0 Å². The maximum atomic E-state index is 13.5. The molecule has 2 fully saturated rings. The third-order valence-corrected chi connectivity index (χ3v) is 6.31. The molecule has 0 spiro atoms. The first-order chi connectivity index (χ1) is 15.7. The number of amides is 3. The minimum atomic E-state index is -4.61. The van der Waals surface area contributed by atoms with Gasteiger partial charge in [0.1, 0.15) is 0 Å². The lowest BCUT2D eigenvalue weighted by Gasteiger charge is -2.30. The average Bonchev–Trinajstić information content (AvgIpc) is 3.58. The van der Waals surface area contributed by atoms with Gasteiger partial charge in [-0.25, -0.2) is 0 Å². The van der Waals surface area contributed by atoms with E-state index in [2.05, 4.69) is 4.98 Å². The van der Waals surface area contributed by atoms with Crippen molar-refractivity contribution in [1.82, 2.24) is 14.8 Å². The molecular weight excluding hydrogens is 435 g/mol. The third kappa shape index (κ3) is 4.49. The molecule has 0 N–H and O–H groups in total. The Balaban J connectivity index is 1.70. The maximum Gasteiger partial charge on any atom is 0.416 e. The van der Waals surface area contributed by atoms with Crippen molar-refractivity contribution in [3.05, 3.63) is 65.5 Å². The summed E-state index contributed by atoms with van der Waals surface area (Å²) < 4.78 is 40.2. The summed E-state index contributed by atoms with van der Waals surface area (Å²) >= 11 is 0. The number of likely N-dealkylation sites (tertiary alicyclic amines) is 1. The van der Waals surface area contributed by atoms with Crippen LogP contribution in [0.25, 0.3) is 0 Å². The van der Waals surface area contributed by atoms with Crippen LogP contribution < -0.4 is 0 Å². The van der Waals surface area contributed by atoms with Gasteiger partial charge in [-0.3, -0.25) is 24.3 Å². The fourth-order valence-electron chi connectivity index (χ4n) is 4.38. The predicted molar refractivity (Wildman–Crippen MR) is 113 cm³/mol. The Bertz CT molecular complexity index is 1070. The highest BCUT2D eigenvalue weighted by Gasteiger charge is 2.57. The smallest absolute Gasteiger partial charge is 0.339 e. The zero-order valence-corrected chi connectivity index (χ0v) is 18.1. The van der Waals surface area contributed by atoms with Crippen molar-refractivity contribution in [2.24, 2.45) is 0 Å². The van der Waals surface area contributed by atoms with Gasteiger partial charge in [0.05, 0.1) is 11.0 Å². The number of hydrogen-bond donors (Lipinski definition) is 0. The molecule has 33 heavy (non-hydrogen) atoms. The lowest BCUT2D eigenvalue weighted by molar-refractivity contribution is -0.143. The largest absolute Gasteiger partial charge is 0.416 e. The predicted octanol–water partition coefficient (Wildman–Crippen LogP) is 3.70. The molecule has 1 aliphatic carbocycles. The van der Waals surface area contributed by atoms with E-state index >= 15 is 0 Å². The minimum Gasteiger partial charge on any atom is -0.339 e. The van der Waals surface area contributed by atoms with Gasteiger partial charge >= 0.3 is 6.18 Å². The van der Waals surface area contributed by atoms with Gasteiger partial charge in [0, 0.05) is 44.4 Å². The van der Waals surface area contributed by atoms with Gasteiger partial charge in [-0.05, 0) is 49.1 Å². The van der Waals surface area contributed by atoms with Crippen molar-refractivity contribution in [3.63, 3.8) is 0 Å². The van der Waals surface area contributed by atoms with Crippen LogP contribution in [0.2, 0.25) is 0 Å². The van der Waals surface area contributed by atoms with Crippen molar-refractivity contribution in [2.75, 3.05) is 6.54 Å². The Kier molecular flexibility index (Phi) is 5.99. The molecule has 1 aliphatic heterocycles. The molecule has 2 heterocycles. The number of benzene rings is 1. The summed E-state index contributed by atoms with van der Waals surface area (Å²) in [4.78, 5) is 46.3. The monoisotopic (exact) mass is 459 g/mol. The second-order valence-electron chi connectivity index (χ2n) is 8.58. The Morgan fingerprint density at radius 2 is 1.88 bits per heavy atom. The van der Waals surface area contributed by atoms with Crippen molar-refractivity contribution in [1.29, 1.82) is 0 Å². The van der Waals surface area contributed by atoms with Crippen LogP contribution in [0, 0.1) is 0 Å². The van der Waals surface area contributed by atoms with E-state index in [1.165, 1.54) is 17.0 Å². The van der Waals surface area contributed by atoms with Crippen LogP contribution in [0.15, 0.2) is 48.8 Å². The second kappa shape index (κ2) is 8.61. The summed E-state index contributed by atoms with van der Waals surface area (Å²) in [7, 11) is 0. The number of aromatic nitrogens is 1. The van der Waals surface area contributed by atoms with Gasteiger partial charge in [-0.1, -0.05) is 18.2 Å². The number of nitrogens with zero attached hydrogens (tertiary/aromatic N) is 3. The molecule has 9 heteroatoms. The summed E-state index contributed by atoms with van der Waals surface area (Å²) in [6.07, 6.45) is -0.752. The number of rotatable bonds is 7. The summed E-state index contributed by atoms with van der Waals surface area (Å²) in [5, 5.41) is 0. The molecule has 0 radical (unpaired) electrons. The molecule has 1 aromatic heterocycles. The molecule has 3 amide bonds. The fourth-order valence-corrected chi connectivity index (χ4v) is 4.38. The molecule has 6 nitrogen and oxygen atoms in total. The molecule has 2 aliphatic rings. The summed E-state index contributed by atoms with van der Waals surface area (Å²) in [6.45, 7) is 2.40. The lowest BCUT2D eigenvalue weighted by Crippen LogP contribution is -2.44. The van der Waals surface area contributed by atoms with E-state index < -0.39 is 34.9 Å². The molecule has 0 unspecified atom stereocenters. The lowest BCUT2D eigenvalue weighted by atomic mass is 9.75. The standard InChI is InChI=1S/C24H24F3N3O3/c1-2-29(15-16-8-10-28-11-9-16)20(31)13-23(14-21(32)30(22(23)33)19-6-7-19)17-4-3-5-18(12-17)24(25,26)27/h3-5,8-12,19H,2,6-7,13-15H2,1H3/t23-/m1/s1. The van der Waals surface area contributed by atoms with Crippen molar-refractivity contribution >= 4 is 17.7 Å². The van der Waals surface area contributed by atoms with Crippen LogP contribution in [-0.4, -0.2) is 45.1 Å². The molecule has 1 saturated carbocycles. The van der Waals surface area contributed by atoms with Crippen molar-refractivity contribution in [3.8, 4) is 0 Å². The van der Waals surface area contributed by atoms with E-state index in [0.29, 0.717) is 19.4 Å². The molecule has 174 valence electrons. The number of imide groups is 1. The Morgan fingerprint density at radius 3 is 2.48 bits per heavy atom. The molecule has 2 aromatic rings. The minimum absolute atomic E-state index is 0.0483. The third-order valence-electron chi connectivity index (χ3n) is 6.31. The number of carbonyl (C=O) groups is 3. The van der Waals surface area contributed by atoms with Gasteiger partial charge < -0.3 is 4.90 Å². The number of alkyl halides is 3. The van der Waals surface area contributed by atoms with E-state index in [9.17, 15) is 27.6 Å². The summed E-state index contributed by atoms with van der Waals surface area (Å²) in [5.74, 6) is -1.42. The van der Waals surface area contributed by atoms with Crippen LogP contribution in [0.1, 0.15) is 49.3 Å². The zero-order chi connectivity index (χ0) is 23.8. The zero-order valence-electron chi connectivity index (χ0n) is 18.1. The van der Waals surface area contributed by atoms with Crippen molar-refractivity contribution in [2.45, 2.75) is 56.8 Å². The van der Waals surface area contributed by atoms with Crippen molar-refractivity contribution < 1.29 is 27.6 Å². The van der Waals surface area contributed by atoms with Crippen LogP contribution in [0.4, 0.5) is 13.2 Å². The fraction of sp³-hybridized carbons (Fsp3) is 0.417. The SMILES string of the molecule is CCN(Cc1ccncc1)C(=O)C[C@]1(c2cccc(C(F)(F)F)c2)CC(=O)N(C2CC2)C1=O. The van der Waals surface area contributed by atoms with Crippen LogP contribution in [0.5, 0.6) is 0 Å². The maximum absolute atomic E-state index is 13.5.